The lowest BCUT2D eigenvalue weighted by atomic mass is 9.93. The molecular weight excluding hydrogens is 96.9 g/mol. The zero-order valence-corrected chi connectivity index (χ0v) is 5.36. The summed E-state index contributed by atoms with van der Waals surface area (Å²) in [5, 5.41) is 3.20. The van der Waals surface area contributed by atoms with Crippen LogP contribution in [0.1, 0.15) is 6.92 Å². The zero-order valence-electron chi connectivity index (χ0n) is 5.36. The van der Waals surface area contributed by atoms with Gasteiger partial charge in [-0.2, -0.15) is 0 Å². The van der Waals surface area contributed by atoms with Gasteiger partial charge in [0.25, 0.3) is 0 Å². The molecule has 0 aromatic carbocycles. The van der Waals surface area contributed by atoms with Crippen molar-refractivity contribution in [3.05, 3.63) is 23.3 Å². The monoisotopic (exact) mass is 107 g/mol. The van der Waals surface area contributed by atoms with Crippen molar-refractivity contribution < 1.29 is 0 Å². The second-order valence-electron chi connectivity index (χ2n) is 2.16. The summed E-state index contributed by atoms with van der Waals surface area (Å²) in [5.41, 5.74) is 2.63. The van der Waals surface area contributed by atoms with Gasteiger partial charge in [-0.1, -0.05) is 17.6 Å². The zero-order chi connectivity index (χ0) is 5.98. The first kappa shape index (κ1) is 5.48. The van der Waals surface area contributed by atoms with Crippen molar-refractivity contribution in [1.82, 2.24) is 5.32 Å². The standard InChI is InChI=1S/C6H10BN/c1-5-4-6(7)2-3-8-5/h2,4,8H,3,7H2,1H3. The third-order valence-corrected chi connectivity index (χ3v) is 1.25. The van der Waals surface area contributed by atoms with Crippen molar-refractivity contribution in [2.75, 3.05) is 6.54 Å². The van der Waals surface area contributed by atoms with E-state index < -0.39 is 0 Å². The molecule has 2 heteroatoms. The Morgan fingerprint density at radius 2 is 2.50 bits per heavy atom. The molecule has 1 heterocycles. The number of allylic oxidation sites excluding steroid dienone is 3. The molecule has 0 amide bonds. The van der Waals surface area contributed by atoms with E-state index in [0.717, 1.165) is 6.54 Å². The molecule has 0 aliphatic carbocycles. The molecule has 0 atom stereocenters. The van der Waals surface area contributed by atoms with E-state index >= 15 is 0 Å². The van der Waals surface area contributed by atoms with Crippen LogP contribution < -0.4 is 5.32 Å². The van der Waals surface area contributed by atoms with Gasteiger partial charge < -0.3 is 5.32 Å². The molecule has 1 nitrogen and oxygen atoms in total. The highest BCUT2D eigenvalue weighted by Crippen LogP contribution is 1.99. The highest BCUT2D eigenvalue weighted by molar-refractivity contribution is 6.23. The van der Waals surface area contributed by atoms with Crippen LogP contribution in [0.25, 0.3) is 0 Å². The lowest BCUT2D eigenvalue weighted by Gasteiger charge is -2.08. The molecule has 1 rings (SSSR count). The molecule has 0 aromatic heterocycles. The number of rotatable bonds is 0. The summed E-state index contributed by atoms with van der Waals surface area (Å²) in [6.07, 6.45) is 4.32. The van der Waals surface area contributed by atoms with Crippen molar-refractivity contribution in [1.29, 1.82) is 0 Å². The molecule has 0 saturated carbocycles. The molecule has 0 unspecified atom stereocenters. The van der Waals surface area contributed by atoms with Crippen molar-refractivity contribution in [3.63, 3.8) is 0 Å². The third kappa shape index (κ3) is 1.16. The molecule has 1 N–H and O–H groups in total. The lowest BCUT2D eigenvalue weighted by molar-refractivity contribution is 0.888. The second-order valence-corrected chi connectivity index (χ2v) is 2.16. The topological polar surface area (TPSA) is 12.0 Å². The Kier molecular flexibility index (Phi) is 1.42. The van der Waals surface area contributed by atoms with Gasteiger partial charge in [0.15, 0.2) is 0 Å². The molecular formula is C6H10BN. The first-order valence-corrected chi connectivity index (χ1v) is 2.88. The highest BCUT2D eigenvalue weighted by Gasteiger charge is 1.92. The third-order valence-electron chi connectivity index (χ3n) is 1.25. The summed E-state index contributed by atoms with van der Waals surface area (Å²) in [5.74, 6) is 0. The molecule has 0 aromatic rings. The second kappa shape index (κ2) is 2.08. The van der Waals surface area contributed by atoms with Crippen LogP contribution in [0.3, 0.4) is 0 Å². The van der Waals surface area contributed by atoms with Gasteiger partial charge in [-0.05, 0) is 6.92 Å². The quantitative estimate of drug-likeness (QED) is 0.430. The molecule has 0 radical (unpaired) electrons. The van der Waals surface area contributed by atoms with E-state index in [1.807, 2.05) is 0 Å². The van der Waals surface area contributed by atoms with Gasteiger partial charge in [-0.3, -0.25) is 0 Å². The van der Waals surface area contributed by atoms with Gasteiger partial charge in [0.1, 0.15) is 7.85 Å². The van der Waals surface area contributed by atoms with E-state index in [1.54, 1.807) is 0 Å². The van der Waals surface area contributed by atoms with Crippen LogP contribution in [0.5, 0.6) is 0 Å². The first-order chi connectivity index (χ1) is 3.79. The predicted octanol–water partition coefficient (Wildman–Crippen LogP) is 0.0104. The van der Waals surface area contributed by atoms with Gasteiger partial charge in [0.2, 0.25) is 0 Å². The smallest absolute Gasteiger partial charge is 0.139 e. The maximum absolute atomic E-state index is 3.20. The van der Waals surface area contributed by atoms with Gasteiger partial charge in [-0.15, -0.1) is 0 Å². The van der Waals surface area contributed by atoms with E-state index in [2.05, 4.69) is 32.2 Å². The van der Waals surface area contributed by atoms with Crippen LogP contribution in [-0.4, -0.2) is 14.4 Å². The van der Waals surface area contributed by atoms with Crippen LogP contribution in [0.15, 0.2) is 23.3 Å². The number of nitrogens with one attached hydrogen (secondary N) is 1. The van der Waals surface area contributed by atoms with Crippen molar-refractivity contribution in [3.8, 4) is 0 Å². The van der Waals surface area contributed by atoms with Crippen LogP contribution in [0.2, 0.25) is 0 Å². The van der Waals surface area contributed by atoms with E-state index in [4.69, 9.17) is 0 Å². The Bertz CT molecular complexity index is 147. The number of dihydropyridines is 1. The molecule has 0 spiro atoms. The number of hydrogen-bond donors (Lipinski definition) is 1. The molecule has 42 valence electrons. The molecule has 1 aliphatic heterocycles. The molecule has 0 saturated heterocycles. The SMILES string of the molecule is BC1=CCNC(C)=C1. The summed E-state index contributed by atoms with van der Waals surface area (Å²) in [6.45, 7) is 3.07. The Labute approximate surface area is 50.9 Å². The van der Waals surface area contributed by atoms with E-state index in [9.17, 15) is 0 Å². The maximum atomic E-state index is 3.20. The van der Waals surface area contributed by atoms with Gasteiger partial charge in [0, 0.05) is 12.2 Å². The van der Waals surface area contributed by atoms with Gasteiger partial charge in [0.05, 0.1) is 0 Å². The minimum atomic E-state index is 0.994. The van der Waals surface area contributed by atoms with Crippen molar-refractivity contribution in [2.45, 2.75) is 6.92 Å². The highest BCUT2D eigenvalue weighted by atomic mass is 14.9. The Morgan fingerprint density at radius 1 is 1.75 bits per heavy atom. The maximum Gasteiger partial charge on any atom is 0.139 e. The van der Waals surface area contributed by atoms with Crippen LogP contribution in [-0.2, 0) is 0 Å². The van der Waals surface area contributed by atoms with Gasteiger partial charge >= 0.3 is 0 Å². The Balaban J connectivity index is 2.69. The Hall–Kier alpha value is -0.655. The minimum absolute atomic E-state index is 0.994. The van der Waals surface area contributed by atoms with Crippen LogP contribution in [0, 0.1) is 0 Å². The molecule has 8 heavy (non-hydrogen) atoms. The summed E-state index contributed by atoms with van der Waals surface area (Å²) in [4.78, 5) is 0. The fourth-order valence-electron chi connectivity index (χ4n) is 0.824. The van der Waals surface area contributed by atoms with E-state index in [0.29, 0.717) is 0 Å². The lowest BCUT2D eigenvalue weighted by Crippen LogP contribution is -2.14. The molecule has 1 aliphatic rings. The minimum Gasteiger partial charge on any atom is -0.385 e. The fraction of sp³-hybridized carbons (Fsp3) is 0.333. The largest absolute Gasteiger partial charge is 0.385 e. The van der Waals surface area contributed by atoms with Crippen molar-refractivity contribution >= 4 is 7.85 Å². The average molecular weight is 107 g/mol. The number of hydrogen-bond acceptors (Lipinski definition) is 1. The average Bonchev–Trinajstić information content (AvgIpc) is 1.64. The summed E-state index contributed by atoms with van der Waals surface area (Å²) in [7, 11) is 2.12. The van der Waals surface area contributed by atoms with Crippen LogP contribution in [0.4, 0.5) is 0 Å². The predicted molar refractivity (Wildman–Crippen MR) is 38.4 cm³/mol. The van der Waals surface area contributed by atoms with E-state index in [1.165, 1.54) is 11.2 Å². The summed E-state index contributed by atoms with van der Waals surface area (Å²) < 4.78 is 0. The summed E-state index contributed by atoms with van der Waals surface area (Å²) >= 11 is 0. The van der Waals surface area contributed by atoms with Crippen molar-refractivity contribution in [2.24, 2.45) is 0 Å². The normalized spacial score (nSPS) is 18.6. The molecule has 0 fully saturated rings. The van der Waals surface area contributed by atoms with E-state index in [-0.39, 0.29) is 0 Å². The van der Waals surface area contributed by atoms with Gasteiger partial charge in [-0.25, -0.2) is 0 Å². The Morgan fingerprint density at radius 3 is 2.88 bits per heavy atom. The van der Waals surface area contributed by atoms with Crippen LogP contribution >= 0.6 is 0 Å². The fourth-order valence-corrected chi connectivity index (χ4v) is 0.824. The molecule has 0 bridgehead atoms. The summed E-state index contributed by atoms with van der Waals surface area (Å²) in [6, 6.07) is 0. The first-order valence-electron chi connectivity index (χ1n) is 2.88.